The number of aryl methyl sites for hydroxylation is 1. The molecule has 1 unspecified atom stereocenters. The van der Waals surface area contributed by atoms with E-state index in [9.17, 15) is 9.59 Å². The van der Waals surface area contributed by atoms with E-state index in [-0.39, 0.29) is 17.4 Å². The Morgan fingerprint density at radius 1 is 1.28 bits per heavy atom. The van der Waals surface area contributed by atoms with E-state index in [2.05, 4.69) is 30.9 Å². The number of hydrogen-bond donors (Lipinski definition) is 1. The van der Waals surface area contributed by atoms with Crippen LogP contribution in [0.4, 0.5) is 5.69 Å². The van der Waals surface area contributed by atoms with Gasteiger partial charge in [-0.15, -0.1) is 0 Å². The van der Waals surface area contributed by atoms with Crippen LogP contribution < -0.4 is 10.5 Å². The Balaban J connectivity index is 1.68. The zero-order chi connectivity index (χ0) is 17.6. The fourth-order valence-corrected chi connectivity index (χ4v) is 3.37. The van der Waals surface area contributed by atoms with Crippen molar-refractivity contribution in [2.75, 3.05) is 11.4 Å². The van der Waals surface area contributed by atoms with Gasteiger partial charge < -0.3 is 9.88 Å². The van der Waals surface area contributed by atoms with Crippen LogP contribution in [0, 0.1) is 6.92 Å². The van der Waals surface area contributed by atoms with Gasteiger partial charge in [-0.3, -0.25) is 9.59 Å². The van der Waals surface area contributed by atoms with Crippen molar-refractivity contribution in [1.82, 2.24) is 15.0 Å². The van der Waals surface area contributed by atoms with Crippen molar-refractivity contribution in [3.05, 3.63) is 62.7 Å². The predicted molar refractivity (Wildman–Crippen MR) is 98.7 cm³/mol. The number of fused-ring (bicyclic) bond motifs is 1. The molecule has 1 aliphatic rings. The Labute approximate surface area is 152 Å². The van der Waals surface area contributed by atoms with Crippen LogP contribution in [0.3, 0.4) is 0 Å². The first-order valence-corrected chi connectivity index (χ1v) is 8.73. The second kappa shape index (κ2) is 6.07. The summed E-state index contributed by atoms with van der Waals surface area (Å²) in [5.41, 5.74) is 2.11. The van der Waals surface area contributed by atoms with Crippen molar-refractivity contribution < 1.29 is 4.79 Å². The Hall–Kier alpha value is -2.54. The molecular weight excluding hydrogens is 384 g/mol. The molecule has 7 heteroatoms. The number of anilines is 1. The van der Waals surface area contributed by atoms with Crippen LogP contribution in [0.25, 0.3) is 11.0 Å². The molecule has 25 heavy (non-hydrogen) atoms. The van der Waals surface area contributed by atoms with Gasteiger partial charge in [0, 0.05) is 35.2 Å². The third-order valence-corrected chi connectivity index (χ3v) is 5.35. The molecule has 1 fully saturated rings. The zero-order valence-corrected chi connectivity index (χ0v) is 15.1. The van der Waals surface area contributed by atoms with Gasteiger partial charge in [-0.1, -0.05) is 15.9 Å². The monoisotopic (exact) mass is 398 g/mol. The number of carbonyl (C=O) groups excluding carboxylic acids is 1. The first-order valence-electron chi connectivity index (χ1n) is 7.94. The van der Waals surface area contributed by atoms with Crippen molar-refractivity contribution in [3.8, 4) is 0 Å². The molecule has 1 saturated heterocycles. The number of nitrogens with one attached hydrogen (secondary N) is 1. The normalized spacial score (nSPS) is 17.4. The van der Waals surface area contributed by atoms with Crippen LogP contribution in [-0.4, -0.2) is 27.4 Å². The number of benzene rings is 1. The quantitative estimate of drug-likeness (QED) is 0.719. The van der Waals surface area contributed by atoms with Gasteiger partial charge >= 0.3 is 0 Å². The maximum atomic E-state index is 12.5. The van der Waals surface area contributed by atoms with Gasteiger partial charge in [0.05, 0.1) is 5.39 Å². The molecule has 2 aromatic heterocycles. The average Bonchev–Trinajstić information content (AvgIpc) is 2.99. The van der Waals surface area contributed by atoms with Crippen LogP contribution in [0.2, 0.25) is 0 Å². The van der Waals surface area contributed by atoms with E-state index < -0.39 is 0 Å². The van der Waals surface area contributed by atoms with E-state index in [0.717, 1.165) is 15.7 Å². The van der Waals surface area contributed by atoms with Crippen molar-refractivity contribution >= 4 is 38.6 Å². The molecule has 6 nitrogen and oxygen atoms in total. The summed E-state index contributed by atoms with van der Waals surface area (Å²) in [4.78, 5) is 37.9. The highest BCUT2D eigenvalue weighted by Crippen LogP contribution is 2.32. The number of amides is 1. The first kappa shape index (κ1) is 16.0. The molecule has 0 radical (unpaired) electrons. The van der Waals surface area contributed by atoms with Gasteiger partial charge in [0.15, 0.2) is 5.65 Å². The zero-order valence-electron chi connectivity index (χ0n) is 13.5. The molecule has 1 N–H and O–H groups in total. The van der Waals surface area contributed by atoms with E-state index in [4.69, 9.17) is 0 Å². The Morgan fingerprint density at radius 3 is 2.92 bits per heavy atom. The molecule has 1 amide bonds. The van der Waals surface area contributed by atoms with Crippen LogP contribution in [0.5, 0.6) is 0 Å². The largest absolute Gasteiger partial charge is 0.312 e. The summed E-state index contributed by atoms with van der Waals surface area (Å²) >= 11 is 3.47. The van der Waals surface area contributed by atoms with Gasteiger partial charge in [0.1, 0.15) is 5.82 Å². The second-order valence-corrected chi connectivity index (χ2v) is 7.02. The lowest BCUT2D eigenvalue weighted by molar-refractivity contribution is -0.117. The Kier molecular flexibility index (Phi) is 3.88. The van der Waals surface area contributed by atoms with Crippen LogP contribution in [0.15, 0.2) is 45.8 Å². The number of hydrogen-bond acceptors (Lipinski definition) is 4. The maximum absolute atomic E-state index is 12.5. The fourth-order valence-electron chi connectivity index (χ4n) is 3.12. The fraction of sp³-hybridized carbons (Fsp3) is 0.222. The average molecular weight is 399 g/mol. The molecule has 3 heterocycles. The van der Waals surface area contributed by atoms with E-state index >= 15 is 0 Å². The van der Waals surface area contributed by atoms with Crippen LogP contribution in [0.1, 0.15) is 23.7 Å². The number of halogens is 1. The van der Waals surface area contributed by atoms with E-state index in [1.54, 1.807) is 23.2 Å². The topological polar surface area (TPSA) is 79.0 Å². The van der Waals surface area contributed by atoms with Gasteiger partial charge in [0.25, 0.3) is 5.56 Å². The highest BCUT2D eigenvalue weighted by Gasteiger charge is 2.33. The van der Waals surface area contributed by atoms with E-state index in [1.165, 1.54) is 0 Å². The van der Waals surface area contributed by atoms with E-state index in [1.807, 2.05) is 25.1 Å². The maximum Gasteiger partial charge on any atom is 0.260 e. The number of rotatable bonds is 2. The van der Waals surface area contributed by atoms with Crippen molar-refractivity contribution in [2.24, 2.45) is 0 Å². The lowest BCUT2D eigenvalue weighted by Crippen LogP contribution is -2.24. The highest BCUT2D eigenvalue weighted by molar-refractivity contribution is 9.10. The second-order valence-electron chi connectivity index (χ2n) is 6.16. The van der Waals surface area contributed by atoms with Crippen molar-refractivity contribution in [2.45, 2.75) is 19.3 Å². The molecule has 1 atom stereocenters. The van der Waals surface area contributed by atoms with Crippen molar-refractivity contribution in [1.29, 1.82) is 0 Å². The molecule has 0 spiro atoms. The number of carbonyl (C=O) groups is 1. The Bertz CT molecular complexity index is 1050. The smallest absolute Gasteiger partial charge is 0.260 e. The standard InChI is InChI=1S/C18H15BrN4O2/c1-10-7-12(4-5-14(10)19)23-9-11(8-15(23)24)16-21-17-13(18(25)22-16)3-2-6-20-17/h2-7,11H,8-9H2,1H3,(H,20,21,22,25). The number of aromatic amines is 1. The van der Waals surface area contributed by atoms with Gasteiger partial charge in [-0.05, 0) is 42.8 Å². The first-order chi connectivity index (χ1) is 12.0. The molecule has 0 saturated carbocycles. The third-order valence-electron chi connectivity index (χ3n) is 4.46. The third kappa shape index (κ3) is 2.84. The summed E-state index contributed by atoms with van der Waals surface area (Å²) in [6, 6.07) is 9.22. The molecule has 0 aliphatic carbocycles. The van der Waals surface area contributed by atoms with Crippen LogP contribution >= 0.6 is 15.9 Å². The summed E-state index contributed by atoms with van der Waals surface area (Å²) in [5, 5.41) is 0.455. The molecule has 4 rings (SSSR count). The number of H-pyrrole nitrogens is 1. The minimum atomic E-state index is -0.224. The van der Waals surface area contributed by atoms with Crippen LogP contribution in [-0.2, 0) is 4.79 Å². The highest BCUT2D eigenvalue weighted by atomic mass is 79.9. The molecule has 1 aliphatic heterocycles. The molecule has 3 aromatic rings. The minimum Gasteiger partial charge on any atom is -0.312 e. The summed E-state index contributed by atoms with van der Waals surface area (Å²) in [7, 11) is 0. The molecular formula is C18H15BrN4O2. The lowest BCUT2D eigenvalue weighted by atomic mass is 10.1. The summed E-state index contributed by atoms with van der Waals surface area (Å²) in [6.07, 6.45) is 1.92. The van der Waals surface area contributed by atoms with E-state index in [0.29, 0.717) is 29.8 Å². The van der Waals surface area contributed by atoms with Gasteiger partial charge in [-0.25, -0.2) is 9.97 Å². The SMILES string of the molecule is Cc1cc(N2CC(c3nc4ncccc4c(=O)[nH]3)CC2=O)ccc1Br. The molecule has 126 valence electrons. The number of pyridine rings is 1. The summed E-state index contributed by atoms with van der Waals surface area (Å²) < 4.78 is 1.01. The number of nitrogens with zero attached hydrogens (tertiary/aromatic N) is 3. The van der Waals surface area contributed by atoms with Gasteiger partial charge in [-0.2, -0.15) is 0 Å². The Morgan fingerprint density at radius 2 is 2.12 bits per heavy atom. The lowest BCUT2D eigenvalue weighted by Gasteiger charge is -2.17. The van der Waals surface area contributed by atoms with Gasteiger partial charge in [0.2, 0.25) is 5.91 Å². The summed E-state index contributed by atoms with van der Waals surface area (Å²) in [5.74, 6) is 0.381. The minimum absolute atomic E-state index is 0.0236. The molecule has 0 bridgehead atoms. The number of aromatic nitrogens is 3. The summed E-state index contributed by atoms with van der Waals surface area (Å²) in [6.45, 7) is 2.47. The van der Waals surface area contributed by atoms with Crippen molar-refractivity contribution in [3.63, 3.8) is 0 Å². The predicted octanol–water partition coefficient (Wildman–Crippen LogP) is 2.91. The molecule has 1 aromatic carbocycles.